The Hall–Kier alpha value is -3.32. The second kappa shape index (κ2) is 11.0. The number of fused-ring (bicyclic) bond motifs is 1. The third-order valence-corrected chi connectivity index (χ3v) is 6.01. The van der Waals surface area contributed by atoms with E-state index in [9.17, 15) is 4.79 Å². The third-order valence-electron chi connectivity index (χ3n) is 6.01. The van der Waals surface area contributed by atoms with E-state index in [1.807, 2.05) is 47.2 Å². The first kappa shape index (κ1) is 22.9. The molecule has 0 aliphatic carbocycles. The average molecular weight is 449 g/mol. The van der Waals surface area contributed by atoms with Gasteiger partial charge in [-0.15, -0.1) is 0 Å². The van der Waals surface area contributed by atoms with Crippen molar-refractivity contribution in [2.45, 2.75) is 45.0 Å². The van der Waals surface area contributed by atoms with Crippen LogP contribution in [0.2, 0.25) is 0 Å². The molecule has 0 bridgehead atoms. The van der Waals surface area contributed by atoms with Gasteiger partial charge in [0.2, 0.25) is 5.91 Å². The van der Waals surface area contributed by atoms with E-state index in [0.717, 1.165) is 42.0 Å². The van der Waals surface area contributed by atoms with E-state index >= 15 is 0 Å². The molecular formula is C26H32N4O3. The lowest BCUT2D eigenvalue weighted by Crippen LogP contribution is -2.41. The molecule has 2 aromatic carbocycles. The van der Waals surface area contributed by atoms with Crippen LogP contribution in [0.4, 0.5) is 0 Å². The number of ether oxygens (including phenoxy) is 2. The maximum atomic E-state index is 13.2. The minimum atomic E-state index is -0.0707. The van der Waals surface area contributed by atoms with Gasteiger partial charge in [-0.1, -0.05) is 37.3 Å². The molecule has 1 N–H and O–H groups in total. The monoisotopic (exact) mass is 448 g/mol. The van der Waals surface area contributed by atoms with Crippen LogP contribution >= 0.6 is 0 Å². The summed E-state index contributed by atoms with van der Waals surface area (Å²) < 4.78 is 13.6. The van der Waals surface area contributed by atoms with Crippen LogP contribution in [-0.2, 0) is 17.9 Å². The van der Waals surface area contributed by atoms with Gasteiger partial charge in [0.1, 0.15) is 17.6 Å². The molecule has 0 saturated heterocycles. The summed E-state index contributed by atoms with van der Waals surface area (Å²) in [4.78, 5) is 19.4. The van der Waals surface area contributed by atoms with Crippen molar-refractivity contribution in [3.8, 4) is 11.5 Å². The molecular weight excluding hydrogens is 416 g/mol. The lowest BCUT2D eigenvalue weighted by molar-refractivity contribution is -0.123. The molecule has 33 heavy (non-hydrogen) atoms. The highest BCUT2D eigenvalue weighted by Gasteiger charge is 2.25. The lowest BCUT2D eigenvalue weighted by Gasteiger charge is -2.25. The molecule has 2 atom stereocenters. The Labute approximate surface area is 195 Å². The Bertz CT molecular complexity index is 1020. The van der Waals surface area contributed by atoms with Gasteiger partial charge in [0.05, 0.1) is 26.0 Å². The van der Waals surface area contributed by atoms with Gasteiger partial charge in [-0.3, -0.25) is 9.69 Å². The minimum absolute atomic E-state index is 0.00989. The molecule has 7 nitrogen and oxygen atoms in total. The van der Waals surface area contributed by atoms with Gasteiger partial charge in [-0.05, 0) is 36.6 Å². The number of rotatable bonds is 9. The van der Waals surface area contributed by atoms with Crippen molar-refractivity contribution in [2.75, 3.05) is 20.2 Å². The largest absolute Gasteiger partial charge is 0.497 e. The van der Waals surface area contributed by atoms with Gasteiger partial charge in [0, 0.05) is 37.6 Å². The second-order valence-electron chi connectivity index (χ2n) is 8.41. The zero-order valence-corrected chi connectivity index (χ0v) is 19.3. The molecule has 1 amide bonds. The number of methoxy groups -OCH3 is 1. The summed E-state index contributed by atoms with van der Waals surface area (Å²) in [5.41, 5.74) is 2.14. The molecule has 0 spiro atoms. The molecule has 0 fully saturated rings. The van der Waals surface area contributed by atoms with Crippen molar-refractivity contribution in [1.82, 2.24) is 19.8 Å². The van der Waals surface area contributed by atoms with Crippen LogP contribution in [0.25, 0.3) is 0 Å². The van der Waals surface area contributed by atoms with Gasteiger partial charge in [-0.2, -0.15) is 0 Å². The number of carbonyl (C=O) groups is 1. The average Bonchev–Trinajstić information content (AvgIpc) is 3.29. The number of benzene rings is 2. The summed E-state index contributed by atoms with van der Waals surface area (Å²) in [6.07, 6.45) is 7.22. The van der Waals surface area contributed by atoms with E-state index in [4.69, 9.17) is 9.47 Å². The molecule has 1 aliphatic heterocycles. The quantitative estimate of drug-likeness (QED) is 0.539. The number of aryl methyl sites for hydroxylation is 1. The van der Waals surface area contributed by atoms with Gasteiger partial charge in [0.25, 0.3) is 0 Å². The second-order valence-corrected chi connectivity index (χ2v) is 8.41. The summed E-state index contributed by atoms with van der Waals surface area (Å²) in [7, 11) is 1.66. The number of carbonyl (C=O) groups excluding carboxylic acids is 1. The van der Waals surface area contributed by atoms with Crippen LogP contribution in [0.1, 0.15) is 36.9 Å². The van der Waals surface area contributed by atoms with E-state index in [0.29, 0.717) is 19.6 Å². The molecule has 7 heteroatoms. The number of hydrogen-bond acceptors (Lipinski definition) is 5. The molecule has 3 aromatic rings. The molecule has 0 unspecified atom stereocenters. The topological polar surface area (TPSA) is 68.6 Å². The highest BCUT2D eigenvalue weighted by Crippen LogP contribution is 2.29. The van der Waals surface area contributed by atoms with Gasteiger partial charge in [-0.25, -0.2) is 4.98 Å². The van der Waals surface area contributed by atoms with Crippen LogP contribution in [0.3, 0.4) is 0 Å². The highest BCUT2D eigenvalue weighted by molar-refractivity contribution is 5.78. The predicted molar refractivity (Wildman–Crippen MR) is 127 cm³/mol. The Kier molecular flexibility index (Phi) is 7.62. The van der Waals surface area contributed by atoms with E-state index in [2.05, 4.69) is 34.3 Å². The van der Waals surface area contributed by atoms with Crippen molar-refractivity contribution >= 4 is 5.91 Å². The lowest BCUT2D eigenvalue weighted by atomic mass is 10.0. The zero-order chi connectivity index (χ0) is 23.0. The number of imidazole rings is 1. The molecule has 0 radical (unpaired) electrons. The number of nitrogens with one attached hydrogen (secondary N) is 1. The first-order valence-corrected chi connectivity index (χ1v) is 11.5. The van der Waals surface area contributed by atoms with Crippen molar-refractivity contribution < 1.29 is 14.3 Å². The maximum absolute atomic E-state index is 13.2. The summed E-state index contributed by atoms with van der Waals surface area (Å²) in [6, 6.07) is 15.9. The Morgan fingerprint density at radius 1 is 1.27 bits per heavy atom. The number of amides is 1. The first-order valence-electron chi connectivity index (χ1n) is 11.5. The van der Waals surface area contributed by atoms with E-state index in [-0.39, 0.29) is 18.1 Å². The fraction of sp³-hybridized carbons (Fsp3) is 0.385. The summed E-state index contributed by atoms with van der Waals surface area (Å²) in [5.74, 6) is 1.67. The number of nitrogens with zero attached hydrogens (tertiary/aromatic N) is 3. The predicted octanol–water partition coefficient (Wildman–Crippen LogP) is 3.81. The van der Waals surface area contributed by atoms with Gasteiger partial charge in [0.15, 0.2) is 0 Å². The van der Waals surface area contributed by atoms with Crippen LogP contribution < -0.4 is 14.8 Å². The Balaban J connectivity index is 1.45. The summed E-state index contributed by atoms with van der Waals surface area (Å²) in [6.45, 7) is 4.54. The van der Waals surface area contributed by atoms with E-state index in [1.165, 1.54) is 0 Å². The first-order chi connectivity index (χ1) is 16.1. The minimum Gasteiger partial charge on any atom is -0.497 e. The van der Waals surface area contributed by atoms with Gasteiger partial charge >= 0.3 is 0 Å². The van der Waals surface area contributed by atoms with Crippen LogP contribution in [0.15, 0.2) is 67.3 Å². The highest BCUT2D eigenvalue weighted by atomic mass is 16.5. The number of aromatic nitrogens is 2. The van der Waals surface area contributed by atoms with E-state index in [1.54, 1.807) is 19.6 Å². The normalized spacial score (nSPS) is 16.8. The molecule has 0 saturated carbocycles. The Morgan fingerprint density at radius 3 is 2.85 bits per heavy atom. The Morgan fingerprint density at radius 2 is 2.12 bits per heavy atom. The van der Waals surface area contributed by atoms with Crippen molar-refractivity contribution in [3.05, 3.63) is 78.4 Å². The zero-order valence-electron chi connectivity index (χ0n) is 19.3. The summed E-state index contributed by atoms with van der Waals surface area (Å²) >= 11 is 0. The molecule has 1 aliphatic rings. The SMILES string of the molecule is CC[C@@H]1CN(CC(=O)N[C@H](CCn2ccnc2)c2ccccc2)Cc2cc(OC)ccc2O1. The fourth-order valence-electron chi connectivity index (χ4n) is 4.21. The third kappa shape index (κ3) is 6.14. The molecule has 174 valence electrons. The fourth-order valence-corrected chi connectivity index (χ4v) is 4.21. The van der Waals surface area contributed by atoms with Crippen molar-refractivity contribution in [1.29, 1.82) is 0 Å². The smallest absolute Gasteiger partial charge is 0.234 e. The standard InChI is InChI=1S/C26H32N4O3/c1-3-22-17-30(16-21-15-23(32-2)9-10-25(21)33-22)18-26(31)28-24(20-7-5-4-6-8-20)11-13-29-14-12-27-19-29/h4-10,12,14-15,19,22,24H,3,11,13,16-18H2,1-2H3,(H,28,31)/t22-,24-/m1/s1. The molecule has 1 aromatic heterocycles. The summed E-state index contributed by atoms with van der Waals surface area (Å²) in [5, 5.41) is 3.26. The maximum Gasteiger partial charge on any atom is 0.234 e. The van der Waals surface area contributed by atoms with Crippen LogP contribution in [0.5, 0.6) is 11.5 Å². The van der Waals surface area contributed by atoms with Crippen LogP contribution in [-0.4, -0.2) is 46.7 Å². The molecule has 2 heterocycles. The van der Waals surface area contributed by atoms with Crippen molar-refractivity contribution in [3.63, 3.8) is 0 Å². The van der Waals surface area contributed by atoms with Crippen LogP contribution in [0, 0.1) is 0 Å². The van der Waals surface area contributed by atoms with Gasteiger partial charge < -0.3 is 19.4 Å². The molecule has 4 rings (SSSR count). The van der Waals surface area contributed by atoms with Crippen molar-refractivity contribution in [2.24, 2.45) is 0 Å². The number of hydrogen-bond donors (Lipinski definition) is 1. The van der Waals surface area contributed by atoms with E-state index < -0.39 is 0 Å².